The zero-order valence-corrected chi connectivity index (χ0v) is 12.7. The number of pyridine rings is 1. The van der Waals surface area contributed by atoms with Gasteiger partial charge in [0.2, 0.25) is 5.91 Å². The van der Waals surface area contributed by atoms with Crippen LogP contribution in [0.4, 0.5) is 17.2 Å². The van der Waals surface area contributed by atoms with Crippen molar-refractivity contribution in [1.29, 1.82) is 0 Å². The maximum absolute atomic E-state index is 11.5. The Kier molecular flexibility index (Phi) is 4.93. The number of aryl methyl sites for hydroxylation is 2. The number of rotatable bonds is 5. The minimum absolute atomic E-state index is 0.0000817. The molecule has 1 aromatic heterocycles. The van der Waals surface area contributed by atoms with Gasteiger partial charge in [-0.1, -0.05) is 24.6 Å². The summed E-state index contributed by atoms with van der Waals surface area (Å²) in [5.74, 6) is 0.583. The van der Waals surface area contributed by atoms with E-state index in [2.05, 4.69) is 47.7 Å². The molecule has 0 saturated heterocycles. The Labute approximate surface area is 125 Å². The van der Waals surface area contributed by atoms with Crippen LogP contribution >= 0.6 is 0 Å². The highest BCUT2D eigenvalue weighted by molar-refractivity contribution is 5.89. The molecule has 4 heteroatoms. The fourth-order valence-corrected chi connectivity index (χ4v) is 2.08. The first-order valence-corrected chi connectivity index (χ1v) is 7.18. The molecular weight excluding hydrogens is 262 g/mol. The van der Waals surface area contributed by atoms with Crippen LogP contribution in [0, 0.1) is 13.8 Å². The minimum atomic E-state index is 0.0000817. The zero-order chi connectivity index (χ0) is 15.2. The van der Waals surface area contributed by atoms with Crippen molar-refractivity contribution >= 4 is 23.1 Å². The lowest BCUT2D eigenvalue weighted by Crippen LogP contribution is -2.11. The maximum atomic E-state index is 11.5. The Morgan fingerprint density at radius 1 is 1.19 bits per heavy atom. The van der Waals surface area contributed by atoms with Crippen molar-refractivity contribution in [1.82, 2.24) is 4.98 Å². The van der Waals surface area contributed by atoms with E-state index in [0.29, 0.717) is 12.2 Å². The first kappa shape index (κ1) is 15.0. The van der Waals surface area contributed by atoms with Crippen molar-refractivity contribution in [2.75, 3.05) is 10.6 Å². The van der Waals surface area contributed by atoms with Crippen molar-refractivity contribution in [3.05, 3.63) is 47.7 Å². The molecule has 1 aromatic carbocycles. The summed E-state index contributed by atoms with van der Waals surface area (Å²) in [7, 11) is 0. The standard InChI is InChI=1S/C17H21N3O/c1-4-5-17(21)20-16-9-7-14(11-18-16)19-15-8-6-12(2)10-13(15)3/h6-11,19H,4-5H2,1-3H3,(H,18,20,21). The molecule has 0 aliphatic rings. The van der Waals surface area contributed by atoms with E-state index >= 15 is 0 Å². The number of hydrogen-bond acceptors (Lipinski definition) is 3. The lowest BCUT2D eigenvalue weighted by molar-refractivity contribution is -0.116. The summed E-state index contributed by atoms with van der Waals surface area (Å²) in [4.78, 5) is 15.7. The molecule has 2 N–H and O–H groups in total. The summed E-state index contributed by atoms with van der Waals surface area (Å²) in [6, 6.07) is 9.98. The number of carbonyl (C=O) groups is 1. The topological polar surface area (TPSA) is 54.0 Å². The average molecular weight is 283 g/mol. The second-order valence-electron chi connectivity index (χ2n) is 5.17. The van der Waals surface area contributed by atoms with E-state index in [1.807, 2.05) is 13.0 Å². The highest BCUT2D eigenvalue weighted by atomic mass is 16.1. The van der Waals surface area contributed by atoms with Gasteiger partial charge in [-0.05, 0) is 44.0 Å². The smallest absolute Gasteiger partial charge is 0.225 e. The number of anilines is 3. The molecule has 1 amide bonds. The van der Waals surface area contributed by atoms with E-state index in [9.17, 15) is 4.79 Å². The minimum Gasteiger partial charge on any atom is -0.354 e. The number of nitrogens with zero attached hydrogens (tertiary/aromatic N) is 1. The van der Waals surface area contributed by atoms with Gasteiger partial charge in [-0.15, -0.1) is 0 Å². The highest BCUT2D eigenvalue weighted by Crippen LogP contribution is 2.21. The largest absolute Gasteiger partial charge is 0.354 e. The van der Waals surface area contributed by atoms with Crippen LogP contribution in [0.25, 0.3) is 0 Å². The van der Waals surface area contributed by atoms with Gasteiger partial charge in [0.1, 0.15) is 5.82 Å². The number of amides is 1. The number of hydrogen-bond donors (Lipinski definition) is 2. The Morgan fingerprint density at radius 3 is 2.62 bits per heavy atom. The second kappa shape index (κ2) is 6.88. The van der Waals surface area contributed by atoms with Crippen LogP contribution in [0.1, 0.15) is 30.9 Å². The molecule has 0 saturated carbocycles. The first-order chi connectivity index (χ1) is 10.1. The van der Waals surface area contributed by atoms with E-state index in [0.717, 1.165) is 17.8 Å². The van der Waals surface area contributed by atoms with E-state index in [1.54, 1.807) is 12.3 Å². The third-order valence-corrected chi connectivity index (χ3v) is 3.17. The van der Waals surface area contributed by atoms with Crippen LogP contribution in [0.5, 0.6) is 0 Å². The molecule has 1 heterocycles. The number of carbonyl (C=O) groups excluding carboxylic acids is 1. The number of aromatic nitrogens is 1. The molecule has 21 heavy (non-hydrogen) atoms. The molecule has 0 atom stereocenters. The van der Waals surface area contributed by atoms with Gasteiger partial charge in [0.15, 0.2) is 0 Å². The lowest BCUT2D eigenvalue weighted by Gasteiger charge is -2.10. The first-order valence-electron chi connectivity index (χ1n) is 7.18. The molecule has 110 valence electrons. The fourth-order valence-electron chi connectivity index (χ4n) is 2.08. The summed E-state index contributed by atoms with van der Waals surface area (Å²) in [6.07, 6.45) is 3.07. The van der Waals surface area contributed by atoms with Gasteiger partial charge in [0.05, 0.1) is 11.9 Å². The number of nitrogens with one attached hydrogen (secondary N) is 2. The Bertz CT molecular complexity index is 620. The normalized spacial score (nSPS) is 10.2. The molecule has 0 aliphatic carbocycles. The average Bonchev–Trinajstić information content (AvgIpc) is 2.44. The molecule has 0 fully saturated rings. The van der Waals surface area contributed by atoms with Crippen molar-refractivity contribution in [3.8, 4) is 0 Å². The molecule has 0 spiro atoms. The van der Waals surface area contributed by atoms with E-state index in [-0.39, 0.29) is 5.91 Å². The third kappa shape index (κ3) is 4.31. The van der Waals surface area contributed by atoms with Crippen molar-refractivity contribution in [2.24, 2.45) is 0 Å². The maximum Gasteiger partial charge on any atom is 0.225 e. The molecule has 0 unspecified atom stereocenters. The fraction of sp³-hybridized carbons (Fsp3) is 0.294. The van der Waals surface area contributed by atoms with E-state index < -0.39 is 0 Å². The number of benzene rings is 1. The molecule has 2 rings (SSSR count). The van der Waals surface area contributed by atoms with Crippen LogP contribution in [-0.2, 0) is 4.79 Å². The van der Waals surface area contributed by atoms with Crippen LogP contribution in [0.15, 0.2) is 36.5 Å². The summed E-state index contributed by atoms with van der Waals surface area (Å²) >= 11 is 0. The molecule has 0 aliphatic heterocycles. The lowest BCUT2D eigenvalue weighted by atomic mass is 10.1. The van der Waals surface area contributed by atoms with Gasteiger partial charge in [-0.2, -0.15) is 0 Å². The summed E-state index contributed by atoms with van der Waals surface area (Å²) < 4.78 is 0. The highest BCUT2D eigenvalue weighted by Gasteiger charge is 2.03. The summed E-state index contributed by atoms with van der Waals surface area (Å²) in [6.45, 7) is 6.12. The SMILES string of the molecule is CCCC(=O)Nc1ccc(Nc2ccc(C)cc2C)cn1. The molecular formula is C17H21N3O. The quantitative estimate of drug-likeness (QED) is 0.865. The van der Waals surface area contributed by atoms with Crippen LogP contribution in [0.2, 0.25) is 0 Å². The van der Waals surface area contributed by atoms with Crippen LogP contribution < -0.4 is 10.6 Å². The summed E-state index contributed by atoms with van der Waals surface area (Å²) in [5.41, 5.74) is 4.39. The van der Waals surface area contributed by atoms with Crippen LogP contribution in [0.3, 0.4) is 0 Å². The van der Waals surface area contributed by atoms with Gasteiger partial charge < -0.3 is 10.6 Å². The van der Waals surface area contributed by atoms with Gasteiger partial charge >= 0.3 is 0 Å². The Morgan fingerprint density at radius 2 is 2.00 bits per heavy atom. The van der Waals surface area contributed by atoms with Crippen molar-refractivity contribution in [3.63, 3.8) is 0 Å². The molecule has 2 aromatic rings. The third-order valence-electron chi connectivity index (χ3n) is 3.17. The van der Waals surface area contributed by atoms with E-state index in [4.69, 9.17) is 0 Å². The van der Waals surface area contributed by atoms with Gasteiger partial charge in [-0.25, -0.2) is 4.98 Å². The van der Waals surface area contributed by atoms with E-state index in [1.165, 1.54) is 11.1 Å². The zero-order valence-electron chi connectivity index (χ0n) is 12.7. The van der Waals surface area contributed by atoms with Gasteiger partial charge in [0.25, 0.3) is 0 Å². The second-order valence-corrected chi connectivity index (χ2v) is 5.17. The molecule has 4 nitrogen and oxygen atoms in total. The van der Waals surface area contributed by atoms with Gasteiger partial charge in [-0.3, -0.25) is 4.79 Å². The predicted octanol–water partition coefficient (Wildman–Crippen LogP) is 4.18. The molecule has 0 radical (unpaired) electrons. The van der Waals surface area contributed by atoms with Crippen molar-refractivity contribution < 1.29 is 4.79 Å². The van der Waals surface area contributed by atoms with Gasteiger partial charge in [0, 0.05) is 12.1 Å². The summed E-state index contributed by atoms with van der Waals surface area (Å²) in [5, 5.41) is 6.10. The van der Waals surface area contributed by atoms with Crippen LogP contribution in [-0.4, -0.2) is 10.9 Å². The Hall–Kier alpha value is -2.36. The van der Waals surface area contributed by atoms with Crippen molar-refractivity contribution in [2.45, 2.75) is 33.6 Å². The molecule has 0 bridgehead atoms. The monoisotopic (exact) mass is 283 g/mol. The Balaban J connectivity index is 2.03. The predicted molar refractivity (Wildman–Crippen MR) is 87.0 cm³/mol.